The molecule has 0 aliphatic heterocycles. The first-order chi connectivity index (χ1) is 9.48. The second kappa shape index (κ2) is 7.36. The van der Waals surface area contributed by atoms with E-state index in [9.17, 15) is 13.2 Å². The van der Waals surface area contributed by atoms with E-state index in [1.807, 2.05) is 6.92 Å². The van der Waals surface area contributed by atoms with E-state index in [4.69, 9.17) is 9.84 Å². The molecule has 1 rings (SSSR count). The van der Waals surface area contributed by atoms with E-state index in [0.717, 1.165) is 10.5 Å². The number of nitrogens with one attached hydrogen (secondary N) is 1. The van der Waals surface area contributed by atoms with Gasteiger partial charge in [-0.25, -0.2) is 13.2 Å². The summed E-state index contributed by atoms with van der Waals surface area (Å²) in [5.41, 5.74) is -0.133. The van der Waals surface area contributed by atoms with Gasteiger partial charge in [-0.3, -0.25) is 5.10 Å². The van der Waals surface area contributed by atoms with Crippen LogP contribution in [0.15, 0.2) is 11.2 Å². The number of hydrogen-bond acceptors (Lipinski definition) is 6. The Kier molecular flexibility index (Phi) is 6.11. The van der Waals surface area contributed by atoms with Crippen molar-refractivity contribution in [2.75, 3.05) is 26.3 Å². The molecule has 0 unspecified atom stereocenters. The fraction of sp³-hybridized carbons (Fsp3) is 0.636. The maximum absolute atomic E-state index is 12.4. The van der Waals surface area contributed by atoms with Gasteiger partial charge in [-0.2, -0.15) is 9.40 Å². The molecule has 2 N–H and O–H groups in total. The first-order valence-electron chi connectivity index (χ1n) is 6.30. The number of aliphatic hydroxyl groups is 1. The molecule has 114 valence electrons. The van der Waals surface area contributed by atoms with Crippen LogP contribution in [0.2, 0.25) is 0 Å². The summed E-state index contributed by atoms with van der Waals surface area (Å²) < 4.78 is 30.8. The number of H-pyrrole nitrogens is 1. The maximum atomic E-state index is 12.4. The van der Waals surface area contributed by atoms with E-state index in [0.29, 0.717) is 6.42 Å². The molecule has 1 aromatic rings. The van der Waals surface area contributed by atoms with Gasteiger partial charge in [-0.05, 0) is 13.3 Å². The lowest BCUT2D eigenvalue weighted by Crippen LogP contribution is -2.35. The van der Waals surface area contributed by atoms with Crippen LogP contribution in [0, 0.1) is 0 Å². The Morgan fingerprint density at radius 3 is 2.70 bits per heavy atom. The number of nitrogens with zero attached hydrogens (tertiary/aromatic N) is 2. The summed E-state index contributed by atoms with van der Waals surface area (Å²) in [7, 11) is -3.92. The number of aliphatic hydroxyl groups excluding tert-OH is 1. The summed E-state index contributed by atoms with van der Waals surface area (Å²) >= 11 is 0. The van der Waals surface area contributed by atoms with Crippen LogP contribution in [0.3, 0.4) is 0 Å². The molecule has 9 heteroatoms. The summed E-state index contributed by atoms with van der Waals surface area (Å²) in [6.07, 6.45) is 1.70. The number of rotatable bonds is 8. The van der Waals surface area contributed by atoms with E-state index >= 15 is 0 Å². The fourth-order valence-corrected chi connectivity index (χ4v) is 3.25. The van der Waals surface area contributed by atoms with Gasteiger partial charge in [0.25, 0.3) is 10.0 Å². The number of carbonyl (C=O) groups excluding carboxylic acids is 1. The molecule has 0 aliphatic carbocycles. The monoisotopic (exact) mass is 305 g/mol. The minimum absolute atomic E-state index is 0.0442. The molecule has 0 saturated heterocycles. The molecule has 0 bridgehead atoms. The molecule has 1 heterocycles. The summed E-state index contributed by atoms with van der Waals surface area (Å²) in [5.74, 6) is -0.750. The first kappa shape index (κ1) is 16.6. The normalized spacial score (nSPS) is 11.8. The van der Waals surface area contributed by atoms with Gasteiger partial charge >= 0.3 is 5.97 Å². The molecule has 1 aromatic heterocycles. The molecule has 0 aromatic carbocycles. The average molecular weight is 305 g/mol. The van der Waals surface area contributed by atoms with Crippen molar-refractivity contribution in [3.05, 3.63) is 11.8 Å². The smallest absolute Gasteiger partial charge is 0.342 e. The summed E-state index contributed by atoms with van der Waals surface area (Å²) in [6, 6.07) is 0. The number of esters is 1. The van der Waals surface area contributed by atoms with Crippen molar-refractivity contribution in [1.82, 2.24) is 14.5 Å². The molecule has 8 nitrogen and oxygen atoms in total. The fourth-order valence-electron chi connectivity index (χ4n) is 1.67. The van der Waals surface area contributed by atoms with E-state index in [2.05, 4.69) is 10.2 Å². The van der Waals surface area contributed by atoms with Gasteiger partial charge in [0, 0.05) is 13.1 Å². The molecule has 0 spiro atoms. The van der Waals surface area contributed by atoms with Crippen LogP contribution in [0.5, 0.6) is 0 Å². The van der Waals surface area contributed by atoms with Crippen LogP contribution >= 0.6 is 0 Å². The highest BCUT2D eigenvalue weighted by Gasteiger charge is 2.30. The number of ether oxygens (including phenoxy) is 1. The van der Waals surface area contributed by atoms with Crippen LogP contribution in [0.1, 0.15) is 30.6 Å². The van der Waals surface area contributed by atoms with E-state index < -0.39 is 16.0 Å². The molecule has 0 atom stereocenters. The van der Waals surface area contributed by atoms with Crippen molar-refractivity contribution in [1.29, 1.82) is 0 Å². The van der Waals surface area contributed by atoms with Gasteiger partial charge in [-0.1, -0.05) is 6.92 Å². The van der Waals surface area contributed by atoms with Crippen molar-refractivity contribution in [3.63, 3.8) is 0 Å². The van der Waals surface area contributed by atoms with Crippen LogP contribution in [-0.4, -0.2) is 60.3 Å². The SMILES string of the molecule is CCCN(CCO)S(=O)(=O)c1[nH]ncc1C(=O)OCC. The number of aromatic amines is 1. The Morgan fingerprint density at radius 1 is 1.45 bits per heavy atom. The zero-order chi connectivity index (χ0) is 15.2. The number of carbonyl (C=O) groups is 1. The van der Waals surface area contributed by atoms with Gasteiger partial charge in [0.15, 0.2) is 5.03 Å². The zero-order valence-corrected chi connectivity index (χ0v) is 12.3. The molecule has 0 amide bonds. The van der Waals surface area contributed by atoms with Gasteiger partial charge in [0.05, 0.1) is 19.4 Å². The van der Waals surface area contributed by atoms with Crippen molar-refractivity contribution in [2.24, 2.45) is 0 Å². The third kappa shape index (κ3) is 3.56. The Morgan fingerprint density at radius 2 is 2.15 bits per heavy atom. The summed E-state index contributed by atoms with van der Waals surface area (Å²) in [5, 5.41) is 14.6. The third-order valence-corrected chi connectivity index (χ3v) is 4.39. The highest BCUT2D eigenvalue weighted by molar-refractivity contribution is 7.89. The number of aromatic nitrogens is 2. The lowest BCUT2D eigenvalue weighted by molar-refractivity contribution is 0.0521. The van der Waals surface area contributed by atoms with Crippen molar-refractivity contribution >= 4 is 16.0 Å². The predicted octanol–water partition coefficient (Wildman–Crippen LogP) is -0.0206. The summed E-state index contributed by atoms with van der Waals surface area (Å²) in [6.45, 7) is 3.48. The molecule has 0 fully saturated rings. The van der Waals surface area contributed by atoms with Gasteiger partial charge in [0.2, 0.25) is 0 Å². The second-order valence-corrected chi connectivity index (χ2v) is 5.84. The van der Waals surface area contributed by atoms with Gasteiger partial charge < -0.3 is 9.84 Å². The Balaban J connectivity index is 3.14. The molecule has 0 aliphatic rings. The summed E-state index contributed by atoms with van der Waals surface area (Å²) in [4.78, 5) is 11.7. The minimum Gasteiger partial charge on any atom is -0.462 e. The standard InChI is InChI=1S/C11H19N3O5S/c1-3-5-14(6-7-15)20(17,18)10-9(8-12-13-10)11(16)19-4-2/h8,15H,3-7H2,1-2H3,(H,12,13). The lowest BCUT2D eigenvalue weighted by atomic mass is 10.4. The molecular weight excluding hydrogens is 286 g/mol. The van der Waals surface area contributed by atoms with E-state index in [-0.39, 0.29) is 36.9 Å². The largest absolute Gasteiger partial charge is 0.462 e. The molecule has 20 heavy (non-hydrogen) atoms. The van der Waals surface area contributed by atoms with Crippen molar-refractivity contribution in [2.45, 2.75) is 25.3 Å². The van der Waals surface area contributed by atoms with Crippen LogP contribution in [-0.2, 0) is 14.8 Å². The average Bonchev–Trinajstić information content (AvgIpc) is 2.88. The molecule has 0 saturated carbocycles. The lowest BCUT2D eigenvalue weighted by Gasteiger charge is -2.19. The minimum atomic E-state index is -3.92. The second-order valence-electron chi connectivity index (χ2n) is 3.96. The number of sulfonamides is 1. The van der Waals surface area contributed by atoms with Gasteiger partial charge in [0.1, 0.15) is 5.56 Å². The first-order valence-corrected chi connectivity index (χ1v) is 7.74. The van der Waals surface area contributed by atoms with Crippen LogP contribution in [0.25, 0.3) is 0 Å². The highest BCUT2D eigenvalue weighted by atomic mass is 32.2. The molecule has 0 radical (unpaired) electrons. The number of hydrogen-bond donors (Lipinski definition) is 2. The van der Waals surface area contributed by atoms with Crippen molar-refractivity contribution < 1.29 is 23.1 Å². The van der Waals surface area contributed by atoms with E-state index in [1.54, 1.807) is 6.92 Å². The Labute approximate surface area is 117 Å². The van der Waals surface area contributed by atoms with Crippen LogP contribution < -0.4 is 0 Å². The quantitative estimate of drug-likeness (QED) is 0.653. The molecular formula is C11H19N3O5S. The zero-order valence-electron chi connectivity index (χ0n) is 11.5. The Bertz CT molecular complexity index is 534. The maximum Gasteiger partial charge on any atom is 0.342 e. The third-order valence-electron chi connectivity index (χ3n) is 2.52. The van der Waals surface area contributed by atoms with Crippen LogP contribution in [0.4, 0.5) is 0 Å². The Hall–Kier alpha value is -1.45. The predicted molar refractivity (Wildman–Crippen MR) is 70.7 cm³/mol. The topological polar surface area (TPSA) is 113 Å². The highest BCUT2D eigenvalue weighted by Crippen LogP contribution is 2.18. The van der Waals surface area contributed by atoms with Crippen molar-refractivity contribution in [3.8, 4) is 0 Å². The van der Waals surface area contributed by atoms with E-state index in [1.165, 1.54) is 0 Å². The van der Waals surface area contributed by atoms with Gasteiger partial charge in [-0.15, -0.1) is 0 Å².